The third-order valence-corrected chi connectivity index (χ3v) is 3.90. The average Bonchev–Trinajstić information content (AvgIpc) is 2.98. The monoisotopic (exact) mass is 250 g/mol. The zero-order valence-electron chi connectivity index (χ0n) is 11.0. The highest BCUT2D eigenvalue weighted by molar-refractivity contribution is 5.07. The highest BCUT2D eigenvalue weighted by Crippen LogP contribution is 2.23. The van der Waals surface area contributed by atoms with Crippen LogP contribution in [0.25, 0.3) is 0 Å². The summed E-state index contributed by atoms with van der Waals surface area (Å²) in [5.41, 5.74) is 1.31. The summed E-state index contributed by atoms with van der Waals surface area (Å²) in [6.45, 7) is 4.93. The van der Waals surface area contributed by atoms with Gasteiger partial charge in [-0.05, 0) is 26.4 Å². The quantitative estimate of drug-likeness (QED) is 0.855. The van der Waals surface area contributed by atoms with Crippen molar-refractivity contribution >= 4 is 0 Å². The van der Waals surface area contributed by atoms with Gasteiger partial charge in [0.1, 0.15) is 0 Å². The summed E-state index contributed by atoms with van der Waals surface area (Å²) in [6, 6.07) is 0.480. The highest BCUT2D eigenvalue weighted by atomic mass is 16.5. The molecular formula is C13H22N4O. The highest BCUT2D eigenvalue weighted by Gasteiger charge is 2.23. The van der Waals surface area contributed by atoms with Gasteiger partial charge in [0.05, 0.1) is 31.3 Å². The molecule has 0 radical (unpaired) electrons. The van der Waals surface area contributed by atoms with Gasteiger partial charge in [0.25, 0.3) is 0 Å². The number of imidazole rings is 1. The molecule has 1 unspecified atom stereocenters. The van der Waals surface area contributed by atoms with Crippen LogP contribution in [0.4, 0.5) is 0 Å². The number of morpholine rings is 1. The van der Waals surface area contributed by atoms with Gasteiger partial charge in [-0.3, -0.25) is 0 Å². The van der Waals surface area contributed by atoms with Crippen LogP contribution in [0, 0.1) is 0 Å². The van der Waals surface area contributed by atoms with Crippen LogP contribution >= 0.6 is 0 Å². The third-order valence-electron chi connectivity index (χ3n) is 3.90. The van der Waals surface area contributed by atoms with Gasteiger partial charge in [-0.15, -0.1) is 0 Å². The molecule has 18 heavy (non-hydrogen) atoms. The van der Waals surface area contributed by atoms with Gasteiger partial charge < -0.3 is 19.5 Å². The fourth-order valence-corrected chi connectivity index (χ4v) is 2.91. The lowest BCUT2D eigenvalue weighted by atomic mass is 10.1. The molecule has 2 atom stereocenters. The number of nitrogens with one attached hydrogen (secondary N) is 1. The molecule has 0 spiro atoms. The predicted molar refractivity (Wildman–Crippen MR) is 69.4 cm³/mol. The lowest BCUT2D eigenvalue weighted by Gasteiger charge is -2.30. The molecular weight excluding hydrogens is 228 g/mol. The predicted octanol–water partition coefficient (Wildman–Crippen LogP) is 0.638. The first-order chi connectivity index (χ1) is 8.83. The van der Waals surface area contributed by atoms with Crippen molar-refractivity contribution < 1.29 is 4.74 Å². The molecule has 2 aliphatic heterocycles. The number of aromatic nitrogens is 2. The number of nitrogens with zero attached hydrogens (tertiary/aromatic N) is 3. The largest absolute Gasteiger partial charge is 0.374 e. The van der Waals surface area contributed by atoms with Crippen LogP contribution in [-0.4, -0.2) is 53.8 Å². The van der Waals surface area contributed by atoms with E-state index in [0.29, 0.717) is 6.04 Å². The minimum atomic E-state index is 0.290. The van der Waals surface area contributed by atoms with E-state index in [4.69, 9.17) is 4.74 Å². The van der Waals surface area contributed by atoms with Crippen LogP contribution in [0.3, 0.4) is 0 Å². The number of hydrogen-bond acceptors (Lipinski definition) is 4. The summed E-state index contributed by atoms with van der Waals surface area (Å²) in [5.74, 6) is 0. The molecule has 5 nitrogen and oxygen atoms in total. The second-order valence-corrected chi connectivity index (χ2v) is 5.37. The maximum Gasteiger partial charge on any atom is 0.0949 e. The van der Waals surface area contributed by atoms with Crippen LogP contribution in [0.2, 0.25) is 0 Å². The number of likely N-dealkylation sites (N-methyl/N-ethyl adjacent to an activating group) is 1. The zero-order valence-corrected chi connectivity index (χ0v) is 11.0. The van der Waals surface area contributed by atoms with Crippen molar-refractivity contribution in [3.05, 3.63) is 18.2 Å². The summed E-state index contributed by atoms with van der Waals surface area (Å²) in [6.07, 6.45) is 6.71. The van der Waals surface area contributed by atoms with Crippen molar-refractivity contribution in [1.29, 1.82) is 0 Å². The Bertz CT molecular complexity index is 386. The summed E-state index contributed by atoms with van der Waals surface area (Å²) >= 11 is 0. The first-order valence-electron chi connectivity index (χ1n) is 6.86. The molecule has 5 heteroatoms. The first kappa shape index (κ1) is 12.1. The van der Waals surface area contributed by atoms with Crippen molar-refractivity contribution in [1.82, 2.24) is 19.8 Å². The molecule has 0 bridgehead atoms. The fraction of sp³-hybridized carbons (Fsp3) is 0.769. The smallest absolute Gasteiger partial charge is 0.0949 e. The Balaban J connectivity index is 1.66. The van der Waals surface area contributed by atoms with E-state index in [1.807, 2.05) is 12.5 Å². The van der Waals surface area contributed by atoms with E-state index in [2.05, 4.69) is 26.8 Å². The molecule has 0 aromatic carbocycles. The van der Waals surface area contributed by atoms with E-state index in [-0.39, 0.29) is 6.10 Å². The first-order valence-corrected chi connectivity index (χ1v) is 6.86. The summed E-state index contributed by atoms with van der Waals surface area (Å²) in [5, 5.41) is 3.53. The van der Waals surface area contributed by atoms with E-state index < -0.39 is 0 Å². The molecule has 0 amide bonds. The zero-order chi connectivity index (χ0) is 12.4. The van der Waals surface area contributed by atoms with Gasteiger partial charge >= 0.3 is 0 Å². The van der Waals surface area contributed by atoms with Crippen molar-refractivity contribution in [3.8, 4) is 0 Å². The minimum Gasteiger partial charge on any atom is -0.374 e. The van der Waals surface area contributed by atoms with Crippen LogP contribution in [0.15, 0.2) is 12.5 Å². The average molecular weight is 250 g/mol. The topological polar surface area (TPSA) is 42.3 Å². The Morgan fingerprint density at radius 2 is 2.50 bits per heavy atom. The number of hydrogen-bond donors (Lipinski definition) is 1. The van der Waals surface area contributed by atoms with Crippen LogP contribution in [0.5, 0.6) is 0 Å². The van der Waals surface area contributed by atoms with Crippen LogP contribution in [0.1, 0.15) is 24.6 Å². The van der Waals surface area contributed by atoms with E-state index in [0.717, 1.165) is 32.8 Å². The summed E-state index contributed by atoms with van der Waals surface area (Å²) in [4.78, 5) is 6.64. The number of rotatable bonds is 3. The molecule has 1 aromatic rings. The van der Waals surface area contributed by atoms with Gasteiger partial charge in [-0.1, -0.05) is 0 Å². The van der Waals surface area contributed by atoms with E-state index in [9.17, 15) is 0 Å². The Labute approximate surface area is 108 Å². The molecule has 3 heterocycles. The van der Waals surface area contributed by atoms with E-state index in [1.165, 1.54) is 18.5 Å². The second kappa shape index (κ2) is 5.38. The second-order valence-electron chi connectivity index (χ2n) is 5.37. The van der Waals surface area contributed by atoms with Gasteiger partial charge in [0.15, 0.2) is 0 Å². The Hall–Kier alpha value is -0.910. The van der Waals surface area contributed by atoms with Crippen molar-refractivity contribution in [2.45, 2.75) is 31.5 Å². The molecule has 1 N–H and O–H groups in total. The molecule has 2 aliphatic rings. The van der Waals surface area contributed by atoms with Crippen LogP contribution in [-0.2, 0) is 11.3 Å². The Morgan fingerprint density at radius 3 is 3.28 bits per heavy atom. The van der Waals surface area contributed by atoms with Crippen molar-refractivity contribution in [3.63, 3.8) is 0 Å². The van der Waals surface area contributed by atoms with Gasteiger partial charge in [0, 0.05) is 25.3 Å². The maximum absolute atomic E-state index is 5.83. The summed E-state index contributed by atoms with van der Waals surface area (Å²) in [7, 11) is 2.16. The maximum atomic E-state index is 5.83. The Kier molecular flexibility index (Phi) is 3.63. The SMILES string of the molecule is CN1CCOC(Cn2cncc2[C@@H]2CCCN2)C1. The minimum absolute atomic E-state index is 0.290. The Morgan fingerprint density at radius 1 is 1.56 bits per heavy atom. The van der Waals surface area contributed by atoms with E-state index >= 15 is 0 Å². The molecule has 0 aliphatic carbocycles. The fourth-order valence-electron chi connectivity index (χ4n) is 2.91. The van der Waals surface area contributed by atoms with Gasteiger partial charge in [0.2, 0.25) is 0 Å². The molecule has 2 fully saturated rings. The van der Waals surface area contributed by atoms with Gasteiger partial charge in [-0.2, -0.15) is 0 Å². The molecule has 2 saturated heterocycles. The molecule has 0 saturated carbocycles. The number of ether oxygens (including phenoxy) is 1. The molecule has 3 rings (SSSR count). The summed E-state index contributed by atoms with van der Waals surface area (Å²) < 4.78 is 8.09. The lowest BCUT2D eigenvalue weighted by Crippen LogP contribution is -2.42. The molecule has 100 valence electrons. The van der Waals surface area contributed by atoms with E-state index in [1.54, 1.807) is 0 Å². The molecule has 1 aromatic heterocycles. The standard InChI is InChI=1S/C13H22N4O/c1-16-5-6-18-11(8-16)9-17-10-14-7-13(17)12-3-2-4-15-12/h7,10-12,15H,2-6,8-9H2,1H3/t11?,12-/m0/s1. The van der Waals surface area contributed by atoms with Crippen LogP contribution < -0.4 is 5.32 Å². The van der Waals surface area contributed by atoms with Crippen molar-refractivity contribution in [2.24, 2.45) is 0 Å². The third kappa shape index (κ3) is 2.58. The van der Waals surface area contributed by atoms with Crippen molar-refractivity contribution in [2.75, 3.05) is 33.3 Å². The van der Waals surface area contributed by atoms with Gasteiger partial charge in [-0.25, -0.2) is 4.98 Å². The normalized spacial score (nSPS) is 29.8. The lowest BCUT2D eigenvalue weighted by molar-refractivity contribution is -0.0279.